The first kappa shape index (κ1) is 14.6. The molecule has 106 valence electrons. The molecule has 0 aromatic heterocycles. The van der Waals surface area contributed by atoms with Crippen LogP contribution in [0.15, 0.2) is 54.6 Å². The molecule has 0 radical (unpaired) electrons. The fraction of sp³-hybridized carbons (Fsp3) is 0.333. The number of hydrogen-bond donors (Lipinski definition) is 1. The highest BCUT2D eigenvalue weighted by atomic mass is 16.5. The van der Waals surface area contributed by atoms with E-state index in [1.54, 1.807) is 7.11 Å². The van der Waals surface area contributed by atoms with Gasteiger partial charge in [-0.1, -0.05) is 48.5 Å². The van der Waals surface area contributed by atoms with E-state index >= 15 is 0 Å². The highest BCUT2D eigenvalue weighted by Crippen LogP contribution is 2.24. The molecule has 0 aliphatic carbocycles. The van der Waals surface area contributed by atoms with Crippen LogP contribution < -0.4 is 10.1 Å². The van der Waals surface area contributed by atoms with Gasteiger partial charge in [-0.05, 0) is 31.9 Å². The Labute approximate surface area is 121 Å². The lowest BCUT2D eigenvalue weighted by atomic mass is 10.0. The van der Waals surface area contributed by atoms with E-state index in [1.807, 2.05) is 12.1 Å². The van der Waals surface area contributed by atoms with Crippen molar-refractivity contribution in [2.45, 2.75) is 32.4 Å². The fourth-order valence-corrected chi connectivity index (χ4v) is 2.57. The molecular formula is C18H23NO. The summed E-state index contributed by atoms with van der Waals surface area (Å²) in [5.41, 5.74) is 2.56. The minimum atomic E-state index is 0.268. The number of methoxy groups -OCH3 is 1. The molecule has 0 aliphatic heterocycles. The topological polar surface area (TPSA) is 21.3 Å². The van der Waals surface area contributed by atoms with Crippen LogP contribution in [0, 0.1) is 0 Å². The first-order valence-corrected chi connectivity index (χ1v) is 7.13. The third kappa shape index (κ3) is 3.84. The van der Waals surface area contributed by atoms with Gasteiger partial charge in [0.2, 0.25) is 0 Å². The second-order valence-corrected chi connectivity index (χ2v) is 5.22. The number of nitrogens with one attached hydrogen (secondary N) is 1. The third-order valence-electron chi connectivity index (χ3n) is 3.52. The quantitative estimate of drug-likeness (QED) is 0.856. The van der Waals surface area contributed by atoms with Gasteiger partial charge in [-0.2, -0.15) is 0 Å². The molecule has 2 nitrogen and oxygen atoms in total. The summed E-state index contributed by atoms with van der Waals surface area (Å²) in [6.45, 7) is 4.40. The van der Waals surface area contributed by atoms with Crippen LogP contribution in [0.5, 0.6) is 5.75 Å². The summed E-state index contributed by atoms with van der Waals surface area (Å²) in [5, 5.41) is 3.64. The SMILES string of the molecule is COc1ccccc1[C@H](C)NC(C)Cc1ccccc1. The Bertz CT molecular complexity index is 524. The maximum Gasteiger partial charge on any atom is 0.123 e. The second kappa shape index (κ2) is 7.11. The predicted octanol–water partition coefficient (Wildman–Crippen LogP) is 3.98. The number of rotatable bonds is 6. The maximum absolute atomic E-state index is 5.43. The highest BCUT2D eigenvalue weighted by Gasteiger charge is 2.13. The van der Waals surface area contributed by atoms with E-state index in [4.69, 9.17) is 4.74 Å². The van der Waals surface area contributed by atoms with Crippen molar-refractivity contribution in [1.82, 2.24) is 5.32 Å². The third-order valence-corrected chi connectivity index (χ3v) is 3.52. The van der Waals surface area contributed by atoms with Crippen molar-refractivity contribution in [3.8, 4) is 5.75 Å². The number of benzene rings is 2. The molecule has 2 heteroatoms. The summed E-state index contributed by atoms with van der Waals surface area (Å²) < 4.78 is 5.43. The molecule has 2 atom stereocenters. The van der Waals surface area contributed by atoms with Gasteiger partial charge in [-0.15, -0.1) is 0 Å². The van der Waals surface area contributed by atoms with Crippen LogP contribution in [0.25, 0.3) is 0 Å². The lowest BCUT2D eigenvalue weighted by Crippen LogP contribution is -2.30. The summed E-state index contributed by atoms with van der Waals surface area (Å²) in [6, 6.07) is 19.4. The van der Waals surface area contributed by atoms with E-state index in [0.29, 0.717) is 6.04 Å². The Hall–Kier alpha value is -1.80. The molecule has 0 aliphatic rings. The van der Waals surface area contributed by atoms with Gasteiger partial charge >= 0.3 is 0 Å². The van der Waals surface area contributed by atoms with Gasteiger partial charge in [0.25, 0.3) is 0 Å². The van der Waals surface area contributed by atoms with Crippen LogP contribution in [0.1, 0.15) is 31.0 Å². The molecular weight excluding hydrogens is 246 g/mol. The van der Waals surface area contributed by atoms with Crippen LogP contribution >= 0.6 is 0 Å². The first-order chi connectivity index (χ1) is 9.70. The molecule has 0 fully saturated rings. The van der Waals surface area contributed by atoms with Crippen LogP contribution in [-0.2, 0) is 6.42 Å². The molecule has 0 saturated carbocycles. The minimum Gasteiger partial charge on any atom is -0.496 e. The summed E-state index contributed by atoms with van der Waals surface area (Å²) in [6.07, 6.45) is 1.03. The van der Waals surface area contributed by atoms with E-state index in [-0.39, 0.29) is 6.04 Å². The standard InChI is InChI=1S/C18H23NO/c1-14(13-16-9-5-4-6-10-16)19-15(2)17-11-7-8-12-18(17)20-3/h4-12,14-15,19H,13H2,1-3H3/t14?,15-/m0/s1. The largest absolute Gasteiger partial charge is 0.496 e. The van der Waals surface area contributed by atoms with Crippen molar-refractivity contribution < 1.29 is 4.74 Å². The lowest BCUT2D eigenvalue weighted by molar-refractivity contribution is 0.395. The molecule has 1 N–H and O–H groups in total. The van der Waals surface area contributed by atoms with Crippen molar-refractivity contribution >= 4 is 0 Å². The van der Waals surface area contributed by atoms with Crippen molar-refractivity contribution in [2.75, 3.05) is 7.11 Å². The Morgan fingerprint density at radius 2 is 1.60 bits per heavy atom. The molecule has 20 heavy (non-hydrogen) atoms. The van der Waals surface area contributed by atoms with Gasteiger partial charge in [0.05, 0.1) is 7.11 Å². The number of ether oxygens (including phenoxy) is 1. The normalized spacial score (nSPS) is 13.8. The van der Waals surface area contributed by atoms with Gasteiger partial charge in [-0.25, -0.2) is 0 Å². The highest BCUT2D eigenvalue weighted by molar-refractivity contribution is 5.35. The van der Waals surface area contributed by atoms with Crippen molar-refractivity contribution in [3.05, 3.63) is 65.7 Å². The minimum absolute atomic E-state index is 0.268. The van der Waals surface area contributed by atoms with Gasteiger partial charge in [0.1, 0.15) is 5.75 Å². The first-order valence-electron chi connectivity index (χ1n) is 7.13. The molecule has 0 heterocycles. The summed E-state index contributed by atoms with van der Waals surface area (Å²) in [4.78, 5) is 0. The lowest BCUT2D eigenvalue weighted by Gasteiger charge is -2.22. The molecule has 0 saturated heterocycles. The van der Waals surface area contributed by atoms with E-state index < -0.39 is 0 Å². The monoisotopic (exact) mass is 269 g/mol. The number of para-hydroxylation sites is 1. The molecule has 0 bridgehead atoms. The Morgan fingerprint density at radius 1 is 0.950 bits per heavy atom. The molecule has 2 aromatic rings. The van der Waals surface area contributed by atoms with Gasteiger partial charge < -0.3 is 10.1 Å². The van der Waals surface area contributed by atoms with Crippen LogP contribution in [0.3, 0.4) is 0 Å². The molecule has 0 spiro atoms. The van der Waals surface area contributed by atoms with Gasteiger partial charge in [0.15, 0.2) is 0 Å². The van der Waals surface area contributed by atoms with Crippen LogP contribution in [-0.4, -0.2) is 13.2 Å². The van der Waals surface area contributed by atoms with Gasteiger partial charge in [-0.3, -0.25) is 0 Å². The zero-order valence-electron chi connectivity index (χ0n) is 12.5. The zero-order chi connectivity index (χ0) is 14.4. The fourth-order valence-electron chi connectivity index (χ4n) is 2.57. The molecule has 0 amide bonds. The smallest absolute Gasteiger partial charge is 0.123 e. The van der Waals surface area contributed by atoms with Crippen LogP contribution in [0.4, 0.5) is 0 Å². The summed E-state index contributed by atoms with van der Waals surface area (Å²) in [5.74, 6) is 0.944. The second-order valence-electron chi connectivity index (χ2n) is 5.22. The zero-order valence-corrected chi connectivity index (χ0v) is 12.5. The van der Waals surface area contributed by atoms with E-state index in [1.165, 1.54) is 11.1 Å². The van der Waals surface area contributed by atoms with Crippen molar-refractivity contribution in [3.63, 3.8) is 0 Å². The summed E-state index contributed by atoms with van der Waals surface area (Å²) >= 11 is 0. The number of hydrogen-bond acceptors (Lipinski definition) is 2. The van der Waals surface area contributed by atoms with Crippen LogP contribution in [0.2, 0.25) is 0 Å². The van der Waals surface area contributed by atoms with E-state index in [0.717, 1.165) is 12.2 Å². The van der Waals surface area contributed by atoms with E-state index in [2.05, 4.69) is 61.6 Å². The van der Waals surface area contributed by atoms with Crippen molar-refractivity contribution in [2.24, 2.45) is 0 Å². The maximum atomic E-state index is 5.43. The predicted molar refractivity (Wildman–Crippen MR) is 84.2 cm³/mol. The average Bonchev–Trinajstić information content (AvgIpc) is 2.48. The van der Waals surface area contributed by atoms with Gasteiger partial charge in [0, 0.05) is 17.6 Å². The molecule has 1 unspecified atom stereocenters. The Morgan fingerprint density at radius 3 is 2.30 bits per heavy atom. The van der Waals surface area contributed by atoms with Crippen molar-refractivity contribution in [1.29, 1.82) is 0 Å². The molecule has 2 rings (SSSR count). The Kier molecular flexibility index (Phi) is 5.19. The van der Waals surface area contributed by atoms with E-state index in [9.17, 15) is 0 Å². The summed E-state index contributed by atoms with van der Waals surface area (Å²) in [7, 11) is 1.72. The Balaban J connectivity index is 1.98. The molecule has 2 aromatic carbocycles. The average molecular weight is 269 g/mol.